The molecule has 1 atom stereocenters. The number of carbonyl (C=O) groups excluding carboxylic acids is 4. The average molecular weight is 839 g/mol. The summed E-state index contributed by atoms with van der Waals surface area (Å²) in [5.74, 6) is 0.338. The fraction of sp³-hybridized carbons (Fsp3) is 0.395. The number of likely N-dealkylation sites (tertiary alicyclic amines) is 1. The lowest BCUT2D eigenvalue weighted by molar-refractivity contribution is -0.136. The van der Waals surface area contributed by atoms with Crippen molar-refractivity contribution < 1.29 is 28.5 Å². The van der Waals surface area contributed by atoms with Gasteiger partial charge in [0.15, 0.2) is 5.82 Å². The fourth-order valence-electron chi connectivity index (χ4n) is 8.72. The van der Waals surface area contributed by atoms with Crippen LogP contribution >= 0.6 is 18.7 Å². The Morgan fingerprint density at radius 3 is 2.34 bits per heavy atom. The van der Waals surface area contributed by atoms with Gasteiger partial charge < -0.3 is 29.7 Å². The zero-order chi connectivity index (χ0) is 41.4. The molecule has 3 N–H and O–H groups in total. The molecule has 3 fully saturated rings. The van der Waals surface area contributed by atoms with Gasteiger partial charge in [0.1, 0.15) is 24.0 Å². The lowest BCUT2D eigenvalue weighted by Gasteiger charge is -2.38. The number of anilines is 5. The molecular formula is C43H48ClN8O6P. The van der Waals surface area contributed by atoms with Crippen LogP contribution in [0.15, 0.2) is 66.9 Å². The maximum absolute atomic E-state index is 13.4. The molecule has 14 nitrogen and oxygen atoms in total. The van der Waals surface area contributed by atoms with E-state index in [1.54, 1.807) is 26.5 Å². The number of imide groups is 2. The van der Waals surface area contributed by atoms with Crippen molar-refractivity contribution in [3.8, 4) is 5.75 Å². The van der Waals surface area contributed by atoms with Gasteiger partial charge >= 0.3 is 0 Å². The van der Waals surface area contributed by atoms with E-state index < -0.39 is 30.9 Å². The molecule has 1 aromatic heterocycles. The van der Waals surface area contributed by atoms with Crippen molar-refractivity contribution in [3.05, 3.63) is 88.6 Å². The van der Waals surface area contributed by atoms with Gasteiger partial charge in [-0.2, -0.15) is 4.98 Å². The molecule has 4 aromatic rings. The molecule has 0 saturated carbocycles. The quantitative estimate of drug-likeness (QED) is 0.113. The van der Waals surface area contributed by atoms with Crippen molar-refractivity contribution in [2.24, 2.45) is 5.92 Å². The molecule has 8 rings (SSSR count). The summed E-state index contributed by atoms with van der Waals surface area (Å²) in [6, 6.07) is 18.1. The highest BCUT2D eigenvalue weighted by molar-refractivity contribution is 7.70. The van der Waals surface area contributed by atoms with Crippen LogP contribution in [0, 0.1) is 5.92 Å². The molecule has 4 aliphatic heterocycles. The van der Waals surface area contributed by atoms with Crippen molar-refractivity contribution in [1.82, 2.24) is 25.1 Å². The van der Waals surface area contributed by atoms with Crippen LogP contribution in [-0.4, -0.2) is 103 Å². The molecule has 16 heteroatoms. The van der Waals surface area contributed by atoms with E-state index in [-0.39, 0.29) is 24.7 Å². The Bertz CT molecular complexity index is 2360. The molecular weight excluding hydrogens is 791 g/mol. The Kier molecular flexibility index (Phi) is 11.5. The van der Waals surface area contributed by atoms with Crippen LogP contribution in [0.4, 0.5) is 28.8 Å². The van der Waals surface area contributed by atoms with E-state index in [1.807, 2.05) is 48.5 Å². The number of carbonyl (C=O) groups is 4. The summed E-state index contributed by atoms with van der Waals surface area (Å²) in [7, 11) is -0.913. The second kappa shape index (κ2) is 16.8. The summed E-state index contributed by atoms with van der Waals surface area (Å²) < 4.78 is 18.7. The molecule has 3 aromatic carbocycles. The highest BCUT2D eigenvalue weighted by Crippen LogP contribution is 2.40. The summed E-state index contributed by atoms with van der Waals surface area (Å²) in [5.41, 5.74) is 4.19. The van der Waals surface area contributed by atoms with E-state index >= 15 is 0 Å². The van der Waals surface area contributed by atoms with Gasteiger partial charge in [0.25, 0.3) is 11.8 Å². The van der Waals surface area contributed by atoms with Crippen LogP contribution in [0.1, 0.15) is 70.7 Å². The summed E-state index contributed by atoms with van der Waals surface area (Å²) in [5, 5.41) is 9.81. The average Bonchev–Trinajstić information content (AvgIpc) is 3.47. The maximum Gasteiger partial charge on any atom is 0.262 e. The number of nitrogens with zero attached hydrogens (tertiary/aromatic N) is 5. The molecule has 0 radical (unpaired) electrons. The van der Waals surface area contributed by atoms with Crippen molar-refractivity contribution >= 4 is 76.5 Å². The van der Waals surface area contributed by atoms with Gasteiger partial charge in [-0.05, 0) is 112 Å². The SMILES string of the molecule is COc1cc(N2CCC(CN3CCC(c4ccc5c(c4)C(=O)N(C4CCC(=O)NC4=O)C5=O)CC3)CC2)ccc1Nc1ncc(Cl)c(Nc2ccccc2P(C)(C)=O)n1. The van der Waals surface area contributed by atoms with Gasteiger partial charge in [-0.25, -0.2) is 4.98 Å². The first kappa shape index (κ1) is 40.5. The second-order valence-corrected chi connectivity index (χ2v) is 19.7. The number of rotatable bonds is 11. The van der Waals surface area contributed by atoms with E-state index in [2.05, 4.69) is 41.8 Å². The second-order valence-electron chi connectivity index (χ2n) is 16.2. The number of hydrogen-bond donors (Lipinski definition) is 3. The number of piperidine rings is 3. The monoisotopic (exact) mass is 838 g/mol. The Morgan fingerprint density at radius 2 is 1.61 bits per heavy atom. The standard InChI is InChI=1S/C43H48ClN8O6P/c1-58-36-23-29(9-11-33(36)47-43-45-24-32(44)39(49-43)46-34-6-4-5-7-37(34)59(2,3)57)51-20-14-26(15-21-51)25-50-18-16-27(17-19-50)28-8-10-30-31(22-28)42(56)52(41(30)55)35-12-13-38(53)48-40(35)54/h4-11,22-24,26-27,35H,12-21,25H2,1-3H3,(H,48,53,54)(H2,45,46,47,49). The van der Waals surface area contributed by atoms with Crippen molar-refractivity contribution in [2.75, 3.05) is 68.7 Å². The van der Waals surface area contributed by atoms with Crippen LogP contribution in [-0.2, 0) is 14.2 Å². The summed E-state index contributed by atoms with van der Waals surface area (Å²) in [6.45, 7) is 8.30. The third-order valence-corrected chi connectivity index (χ3v) is 13.8. The molecule has 0 spiro atoms. The van der Waals surface area contributed by atoms with E-state index in [0.29, 0.717) is 56.3 Å². The molecule has 59 heavy (non-hydrogen) atoms. The number of ether oxygens (including phenoxy) is 1. The fourth-order valence-corrected chi connectivity index (χ4v) is 10.0. The highest BCUT2D eigenvalue weighted by Gasteiger charge is 2.45. The van der Waals surface area contributed by atoms with Crippen molar-refractivity contribution in [2.45, 2.75) is 50.5 Å². The van der Waals surface area contributed by atoms with Crippen LogP contribution in [0.3, 0.4) is 0 Å². The lowest BCUT2D eigenvalue weighted by atomic mass is 9.87. The first-order chi connectivity index (χ1) is 28.4. The zero-order valence-electron chi connectivity index (χ0n) is 33.4. The molecule has 3 saturated heterocycles. The van der Waals surface area contributed by atoms with Gasteiger partial charge in [-0.1, -0.05) is 29.8 Å². The number of amides is 4. The van der Waals surface area contributed by atoms with Gasteiger partial charge in [0.2, 0.25) is 17.8 Å². The number of aromatic nitrogens is 2. The smallest absolute Gasteiger partial charge is 0.262 e. The third kappa shape index (κ3) is 8.57. The summed E-state index contributed by atoms with van der Waals surface area (Å²) in [6.07, 6.45) is 5.85. The Balaban J connectivity index is 0.831. The highest BCUT2D eigenvalue weighted by atomic mass is 35.5. The first-order valence-corrected chi connectivity index (χ1v) is 23.1. The van der Waals surface area contributed by atoms with E-state index in [1.165, 1.54) is 6.20 Å². The number of para-hydroxylation sites is 1. The van der Waals surface area contributed by atoms with E-state index in [9.17, 15) is 23.7 Å². The lowest BCUT2D eigenvalue weighted by Crippen LogP contribution is -2.54. The zero-order valence-corrected chi connectivity index (χ0v) is 35.0. The maximum atomic E-state index is 13.4. The van der Waals surface area contributed by atoms with Gasteiger partial charge in [-0.3, -0.25) is 29.4 Å². The normalized spacial score (nSPS) is 19.5. The van der Waals surface area contributed by atoms with Gasteiger partial charge in [-0.15, -0.1) is 0 Å². The molecule has 4 amide bonds. The number of hydrogen-bond acceptors (Lipinski definition) is 12. The summed E-state index contributed by atoms with van der Waals surface area (Å²) in [4.78, 5) is 65.6. The Hall–Kier alpha value is -5.30. The Morgan fingerprint density at radius 1 is 0.864 bits per heavy atom. The number of halogens is 1. The van der Waals surface area contributed by atoms with Crippen LogP contribution in [0.25, 0.3) is 0 Å². The third-order valence-electron chi connectivity index (χ3n) is 11.9. The molecule has 1 unspecified atom stereocenters. The van der Waals surface area contributed by atoms with Crippen LogP contribution in [0.5, 0.6) is 5.75 Å². The van der Waals surface area contributed by atoms with E-state index in [0.717, 1.165) is 74.6 Å². The molecule has 308 valence electrons. The molecule has 5 heterocycles. The minimum atomic E-state index is -2.55. The number of benzene rings is 3. The van der Waals surface area contributed by atoms with E-state index in [4.69, 9.17) is 16.3 Å². The molecule has 0 bridgehead atoms. The largest absolute Gasteiger partial charge is 0.494 e. The minimum Gasteiger partial charge on any atom is -0.494 e. The Labute approximate surface area is 348 Å². The molecule has 4 aliphatic rings. The van der Waals surface area contributed by atoms with Gasteiger partial charge in [0, 0.05) is 43.1 Å². The van der Waals surface area contributed by atoms with Crippen LogP contribution < -0.4 is 30.9 Å². The van der Waals surface area contributed by atoms with Crippen molar-refractivity contribution in [1.29, 1.82) is 0 Å². The van der Waals surface area contributed by atoms with Crippen LogP contribution in [0.2, 0.25) is 5.02 Å². The number of methoxy groups -OCH3 is 1. The summed E-state index contributed by atoms with van der Waals surface area (Å²) >= 11 is 6.48. The predicted octanol–water partition coefficient (Wildman–Crippen LogP) is 6.37. The topological polar surface area (TPSA) is 166 Å². The first-order valence-electron chi connectivity index (χ1n) is 20.1. The van der Waals surface area contributed by atoms with Crippen molar-refractivity contribution in [3.63, 3.8) is 0 Å². The predicted molar refractivity (Wildman–Crippen MR) is 229 cm³/mol. The molecule has 0 aliphatic carbocycles. The number of nitrogens with one attached hydrogen (secondary N) is 3. The number of fused-ring (bicyclic) bond motifs is 1. The van der Waals surface area contributed by atoms with Gasteiger partial charge in [0.05, 0.1) is 35.8 Å². The minimum absolute atomic E-state index is 0.0976.